The van der Waals surface area contributed by atoms with Gasteiger partial charge in [0.05, 0.1) is 22.5 Å². The number of piperidine rings is 1. The molecule has 0 bridgehead atoms. The molecule has 0 amide bonds. The van der Waals surface area contributed by atoms with Crippen molar-refractivity contribution in [2.45, 2.75) is 37.0 Å². The molecule has 1 N–H and O–H groups in total. The van der Waals surface area contributed by atoms with E-state index in [1.54, 1.807) is 0 Å². The normalized spacial score (nSPS) is 19.6. The number of hydrogen-bond acceptors (Lipinski definition) is 6. The third-order valence-electron chi connectivity index (χ3n) is 6.74. The maximum Gasteiger partial charge on any atom is 0.220 e. The molecule has 1 saturated heterocycles. The van der Waals surface area contributed by atoms with Crippen LogP contribution < -0.4 is 0 Å². The number of rotatable bonds is 4. The van der Waals surface area contributed by atoms with Crippen molar-refractivity contribution < 1.29 is 12.8 Å². The number of sulfone groups is 1. The van der Waals surface area contributed by atoms with Crippen molar-refractivity contribution in [3.63, 3.8) is 0 Å². The van der Waals surface area contributed by atoms with Crippen molar-refractivity contribution in [2.75, 3.05) is 25.9 Å². The van der Waals surface area contributed by atoms with Gasteiger partial charge in [-0.2, -0.15) is 0 Å². The molecule has 34 heavy (non-hydrogen) atoms. The fourth-order valence-electron chi connectivity index (χ4n) is 4.58. The van der Waals surface area contributed by atoms with Gasteiger partial charge < -0.3 is 9.88 Å². The summed E-state index contributed by atoms with van der Waals surface area (Å²) in [6, 6.07) is 9.58. The Morgan fingerprint density at radius 2 is 1.94 bits per heavy atom. The fourth-order valence-corrected chi connectivity index (χ4v) is 5.21. The molecule has 3 heterocycles. The van der Waals surface area contributed by atoms with Crippen molar-refractivity contribution >= 4 is 33.0 Å². The summed E-state index contributed by atoms with van der Waals surface area (Å²) in [6.45, 7) is 4.75. The molecule has 7 nitrogen and oxygen atoms in total. The third-order valence-corrected chi connectivity index (χ3v) is 7.85. The summed E-state index contributed by atoms with van der Waals surface area (Å²) in [5.74, 6) is 2.00. The Hall–Kier alpha value is -3.07. The van der Waals surface area contributed by atoms with Gasteiger partial charge in [-0.3, -0.25) is 4.99 Å². The Kier molecular flexibility index (Phi) is 5.97. The minimum Gasteiger partial charge on any atom is -0.342 e. The first kappa shape index (κ1) is 22.7. The minimum absolute atomic E-state index is 0.0277. The molecule has 1 unspecified atom stereocenters. The number of nitrogens with one attached hydrogen (secondary N) is 1. The third kappa shape index (κ3) is 4.49. The van der Waals surface area contributed by atoms with E-state index in [1.165, 1.54) is 12.1 Å². The van der Waals surface area contributed by atoms with Crippen molar-refractivity contribution in [3.8, 4) is 11.1 Å². The second-order valence-electron chi connectivity index (χ2n) is 9.12. The number of guanidine groups is 1. The van der Waals surface area contributed by atoms with Gasteiger partial charge in [-0.1, -0.05) is 19.1 Å². The minimum atomic E-state index is -3.46. The standard InChI is InChI=1S/C25H28FN5O2S/c1-3-16-14-27-25(28-15-16)31-10-8-17(9-11-31)24-29-22-7-4-18(12-23(22)30-24)20-6-5-19(13-21(20)26)34(2,32)33/h4-7,12-14,16-17H,3,8-11,15H2,1-2H3,(H,29,30). The quantitative estimate of drug-likeness (QED) is 0.597. The van der Waals surface area contributed by atoms with Crippen LogP contribution in [0.1, 0.15) is 37.9 Å². The molecule has 0 spiro atoms. The predicted octanol–water partition coefficient (Wildman–Crippen LogP) is 4.42. The highest BCUT2D eigenvalue weighted by atomic mass is 32.2. The molecule has 1 aromatic heterocycles. The number of hydrogen-bond donors (Lipinski definition) is 1. The highest BCUT2D eigenvalue weighted by molar-refractivity contribution is 7.90. The van der Waals surface area contributed by atoms with E-state index < -0.39 is 15.7 Å². The number of fused-ring (bicyclic) bond motifs is 1. The van der Waals surface area contributed by atoms with Gasteiger partial charge in [0.25, 0.3) is 0 Å². The highest BCUT2D eigenvalue weighted by Gasteiger charge is 2.26. The van der Waals surface area contributed by atoms with Crippen LogP contribution in [0.15, 0.2) is 51.3 Å². The van der Waals surface area contributed by atoms with E-state index in [0.29, 0.717) is 23.0 Å². The van der Waals surface area contributed by atoms with E-state index in [1.807, 2.05) is 24.4 Å². The number of nitrogens with zero attached hydrogens (tertiary/aromatic N) is 4. The molecule has 2 aliphatic rings. The molecule has 2 aromatic carbocycles. The molecule has 0 aliphatic carbocycles. The van der Waals surface area contributed by atoms with Gasteiger partial charge in [0.2, 0.25) is 5.96 Å². The van der Waals surface area contributed by atoms with E-state index in [2.05, 4.69) is 26.8 Å². The van der Waals surface area contributed by atoms with Crippen LogP contribution in [-0.2, 0) is 9.84 Å². The lowest BCUT2D eigenvalue weighted by atomic mass is 9.96. The molecule has 178 valence electrons. The first-order valence-electron chi connectivity index (χ1n) is 11.6. The lowest BCUT2D eigenvalue weighted by Gasteiger charge is -2.32. The van der Waals surface area contributed by atoms with Gasteiger partial charge in [0.15, 0.2) is 9.84 Å². The van der Waals surface area contributed by atoms with Gasteiger partial charge in [0.1, 0.15) is 11.6 Å². The number of benzene rings is 2. The maximum absolute atomic E-state index is 14.7. The van der Waals surface area contributed by atoms with Crippen LogP contribution in [0.25, 0.3) is 22.2 Å². The van der Waals surface area contributed by atoms with Gasteiger partial charge in [0, 0.05) is 43.0 Å². The van der Waals surface area contributed by atoms with Crippen molar-refractivity contribution in [2.24, 2.45) is 15.9 Å². The SMILES string of the molecule is CCC1C=NC(N2CCC(c3nc4ccc(-c5ccc(S(C)(=O)=O)cc5F)cc4[nH]3)CC2)=NC1. The number of aromatic nitrogens is 2. The summed E-state index contributed by atoms with van der Waals surface area (Å²) in [7, 11) is -3.46. The zero-order chi connectivity index (χ0) is 23.9. The number of likely N-dealkylation sites (tertiary alicyclic amines) is 1. The monoisotopic (exact) mass is 481 g/mol. The molecule has 1 atom stereocenters. The Morgan fingerprint density at radius 3 is 2.59 bits per heavy atom. The molecular weight excluding hydrogens is 453 g/mol. The average molecular weight is 482 g/mol. The molecule has 0 saturated carbocycles. The molecule has 5 rings (SSSR count). The van der Waals surface area contributed by atoms with Gasteiger partial charge in [-0.25, -0.2) is 22.8 Å². The van der Waals surface area contributed by atoms with E-state index in [0.717, 1.165) is 74.0 Å². The first-order valence-corrected chi connectivity index (χ1v) is 13.5. The summed E-state index contributed by atoms with van der Waals surface area (Å²) >= 11 is 0. The van der Waals surface area contributed by atoms with E-state index in [9.17, 15) is 12.8 Å². The Labute approximate surface area is 198 Å². The van der Waals surface area contributed by atoms with Crippen LogP contribution >= 0.6 is 0 Å². The van der Waals surface area contributed by atoms with E-state index in [4.69, 9.17) is 4.98 Å². The van der Waals surface area contributed by atoms with Gasteiger partial charge in [-0.15, -0.1) is 0 Å². The molecule has 3 aromatic rings. The second kappa shape index (κ2) is 8.94. The van der Waals surface area contributed by atoms with Crippen molar-refractivity contribution in [3.05, 3.63) is 48.0 Å². The number of imidazole rings is 1. The van der Waals surface area contributed by atoms with Crippen molar-refractivity contribution in [1.82, 2.24) is 14.9 Å². The lowest BCUT2D eigenvalue weighted by Crippen LogP contribution is -2.38. The largest absolute Gasteiger partial charge is 0.342 e. The maximum atomic E-state index is 14.7. The van der Waals surface area contributed by atoms with Crippen LogP contribution in [0.3, 0.4) is 0 Å². The molecular formula is C25H28FN5O2S. The Balaban J connectivity index is 1.31. The fraction of sp³-hybridized carbons (Fsp3) is 0.400. The van der Waals surface area contributed by atoms with E-state index >= 15 is 0 Å². The zero-order valence-corrected chi connectivity index (χ0v) is 20.1. The number of aromatic amines is 1. The topological polar surface area (TPSA) is 90.8 Å². The summed E-state index contributed by atoms with van der Waals surface area (Å²) < 4.78 is 38.1. The molecule has 9 heteroatoms. The zero-order valence-electron chi connectivity index (χ0n) is 19.3. The second-order valence-corrected chi connectivity index (χ2v) is 11.1. The number of halogens is 1. The Bertz CT molecular complexity index is 1390. The molecule has 1 fully saturated rings. The predicted molar refractivity (Wildman–Crippen MR) is 133 cm³/mol. The van der Waals surface area contributed by atoms with Crippen LogP contribution in [-0.4, -0.2) is 61.3 Å². The van der Waals surface area contributed by atoms with Crippen LogP contribution in [0.5, 0.6) is 0 Å². The summed E-state index contributed by atoms with van der Waals surface area (Å²) in [5, 5.41) is 0. The number of H-pyrrole nitrogens is 1. The van der Waals surface area contributed by atoms with Gasteiger partial charge in [-0.05, 0) is 49.1 Å². The van der Waals surface area contributed by atoms with E-state index in [-0.39, 0.29) is 4.90 Å². The molecule has 2 aliphatic heterocycles. The number of aliphatic imine (C=N–C) groups is 2. The summed E-state index contributed by atoms with van der Waals surface area (Å²) in [4.78, 5) is 19.7. The Morgan fingerprint density at radius 1 is 1.15 bits per heavy atom. The van der Waals surface area contributed by atoms with Crippen LogP contribution in [0.2, 0.25) is 0 Å². The summed E-state index contributed by atoms with van der Waals surface area (Å²) in [5.41, 5.74) is 2.71. The van der Waals surface area contributed by atoms with Crippen LogP contribution in [0, 0.1) is 11.7 Å². The highest BCUT2D eigenvalue weighted by Crippen LogP contribution is 2.31. The summed E-state index contributed by atoms with van der Waals surface area (Å²) in [6.07, 6.45) is 6.08. The van der Waals surface area contributed by atoms with Crippen molar-refractivity contribution in [1.29, 1.82) is 0 Å². The van der Waals surface area contributed by atoms with Crippen LogP contribution in [0.4, 0.5) is 4.39 Å². The lowest BCUT2D eigenvalue weighted by molar-refractivity contribution is 0.304. The first-order chi connectivity index (χ1) is 16.3. The molecule has 0 radical (unpaired) electrons. The average Bonchev–Trinajstić information content (AvgIpc) is 3.27. The smallest absolute Gasteiger partial charge is 0.220 e. The van der Waals surface area contributed by atoms with Gasteiger partial charge >= 0.3 is 0 Å².